The first kappa shape index (κ1) is 14.6. The minimum atomic E-state index is -0.417. The molecule has 0 unspecified atom stereocenters. The van der Waals surface area contributed by atoms with Gasteiger partial charge in [-0.25, -0.2) is 0 Å². The van der Waals surface area contributed by atoms with Gasteiger partial charge in [0, 0.05) is 34.4 Å². The van der Waals surface area contributed by atoms with Crippen LogP contribution in [0, 0.1) is 17.0 Å². The molecule has 0 radical (unpaired) electrons. The zero-order chi connectivity index (χ0) is 14.7. The Kier molecular flexibility index (Phi) is 4.47. The fraction of sp³-hybridized carbons (Fsp3) is 0.143. The van der Waals surface area contributed by atoms with Gasteiger partial charge in [0.05, 0.1) is 4.92 Å². The lowest BCUT2D eigenvalue weighted by atomic mass is 10.1. The first-order valence-corrected chi connectivity index (χ1v) is 6.66. The minimum Gasteiger partial charge on any atom is -0.380 e. The van der Waals surface area contributed by atoms with Gasteiger partial charge in [-0.15, -0.1) is 0 Å². The SMILES string of the molecule is Cc1ccc([N+](=O)[O-])cc1NCc1ccc(Cl)cc1Cl. The van der Waals surface area contributed by atoms with Gasteiger partial charge >= 0.3 is 0 Å². The normalized spacial score (nSPS) is 10.3. The van der Waals surface area contributed by atoms with Crippen LogP contribution in [0.5, 0.6) is 0 Å². The van der Waals surface area contributed by atoms with Crippen molar-refractivity contribution in [1.29, 1.82) is 0 Å². The molecule has 0 saturated carbocycles. The lowest BCUT2D eigenvalue weighted by Crippen LogP contribution is -2.02. The molecule has 0 saturated heterocycles. The van der Waals surface area contributed by atoms with Crippen molar-refractivity contribution >= 4 is 34.6 Å². The smallest absolute Gasteiger partial charge is 0.271 e. The number of rotatable bonds is 4. The molecule has 2 aromatic rings. The predicted octanol–water partition coefficient (Wildman–Crippen LogP) is 4.82. The van der Waals surface area contributed by atoms with Gasteiger partial charge in [0.1, 0.15) is 0 Å². The Morgan fingerprint density at radius 1 is 1.20 bits per heavy atom. The maximum Gasteiger partial charge on any atom is 0.271 e. The molecule has 6 heteroatoms. The predicted molar refractivity (Wildman–Crippen MR) is 81.6 cm³/mol. The Bertz CT molecular complexity index is 660. The molecule has 0 amide bonds. The van der Waals surface area contributed by atoms with E-state index in [1.807, 2.05) is 13.0 Å². The molecule has 2 aromatic carbocycles. The molecular weight excluding hydrogens is 299 g/mol. The van der Waals surface area contributed by atoms with E-state index in [4.69, 9.17) is 23.2 Å². The number of aryl methyl sites for hydroxylation is 1. The highest BCUT2D eigenvalue weighted by molar-refractivity contribution is 6.35. The Hall–Kier alpha value is -1.78. The van der Waals surface area contributed by atoms with Crippen molar-refractivity contribution in [2.45, 2.75) is 13.5 Å². The summed E-state index contributed by atoms with van der Waals surface area (Å²) in [7, 11) is 0. The lowest BCUT2D eigenvalue weighted by molar-refractivity contribution is -0.384. The number of hydrogen-bond acceptors (Lipinski definition) is 3. The molecule has 4 nitrogen and oxygen atoms in total. The van der Waals surface area contributed by atoms with Gasteiger partial charge in [0.25, 0.3) is 5.69 Å². The van der Waals surface area contributed by atoms with Gasteiger partial charge in [-0.3, -0.25) is 10.1 Å². The van der Waals surface area contributed by atoms with Crippen LogP contribution in [0.4, 0.5) is 11.4 Å². The van der Waals surface area contributed by atoms with Crippen LogP contribution in [-0.4, -0.2) is 4.92 Å². The van der Waals surface area contributed by atoms with Gasteiger partial charge < -0.3 is 5.32 Å². The van der Waals surface area contributed by atoms with Crippen LogP contribution < -0.4 is 5.32 Å². The van der Waals surface area contributed by atoms with Gasteiger partial charge in [0.15, 0.2) is 0 Å². The minimum absolute atomic E-state index is 0.0558. The van der Waals surface area contributed by atoms with E-state index in [2.05, 4.69) is 5.32 Å². The van der Waals surface area contributed by atoms with Gasteiger partial charge in [-0.1, -0.05) is 35.3 Å². The number of nitro groups is 1. The van der Waals surface area contributed by atoms with E-state index in [-0.39, 0.29) is 5.69 Å². The molecule has 0 aliphatic heterocycles. The second kappa shape index (κ2) is 6.11. The van der Waals surface area contributed by atoms with Crippen molar-refractivity contribution in [3.05, 3.63) is 67.7 Å². The van der Waals surface area contributed by atoms with Crippen molar-refractivity contribution < 1.29 is 4.92 Å². The molecule has 0 spiro atoms. The average molecular weight is 311 g/mol. The van der Waals surface area contributed by atoms with Crippen molar-refractivity contribution in [1.82, 2.24) is 0 Å². The van der Waals surface area contributed by atoms with Crippen LogP contribution in [0.3, 0.4) is 0 Å². The van der Waals surface area contributed by atoms with Crippen molar-refractivity contribution in [3.63, 3.8) is 0 Å². The quantitative estimate of drug-likeness (QED) is 0.650. The van der Waals surface area contributed by atoms with E-state index in [1.54, 1.807) is 18.2 Å². The van der Waals surface area contributed by atoms with Crippen LogP contribution in [0.15, 0.2) is 36.4 Å². The van der Waals surface area contributed by atoms with Crippen molar-refractivity contribution in [2.75, 3.05) is 5.32 Å². The molecule has 104 valence electrons. The number of benzene rings is 2. The van der Waals surface area contributed by atoms with E-state index in [1.165, 1.54) is 12.1 Å². The Morgan fingerprint density at radius 2 is 1.95 bits per heavy atom. The lowest BCUT2D eigenvalue weighted by Gasteiger charge is -2.10. The van der Waals surface area contributed by atoms with Crippen LogP contribution >= 0.6 is 23.2 Å². The zero-order valence-electron chi connectivity index (χ0n) is 10.7. The summed E-state index contributed by atoms with van der Waals surface area (Å²) in [6.07, 6.45) is 0. The van der Waals surface area contributed by atoms with E-state index in [9.17, 15) is 10.1 Å². The van der Waals surface area contributed by atoms with Gasteiger partial charge in [-0.2, -0.15) is 0 Å². The zero-order valence-corrected chi connectivity index (χ0v) is 12.2. The van der Waals surface area contributed by atoms with Crippen molar-refractivity contribution in [2.24, 2.45) is 0 Å². The molecule has 0 aliphatic rings. The summed E-state index contributed by atoms with van der Waals surface area (Å²) in [5.41, 5.74) is 2.58. The van der Waals surface area contributed by atoms with Crippen LogP contribution in [0.2, 0.25) is 10.0 Å². The highest BCUT2D eigenvalue weighted by Gasteiger charge is 2.09. The highest BCUT2D eigenvalue weighted by Crippen LogP contribution is 2.25. The molecule has 0 aliphatic carbocycles. The van der Waals surface area contributed by atoms with Crippen LogP contribution in [0.1, 0.15) is 11.1 Å². The van der Waals surface area contributed by atoms with E-state index >= 15 is 0 Å². The maximum absolute atomic E-state index is 10.8. The second-order valence-corrected chi connectivity index (χ2v) is 5.19. The molecule has 20 heavy (non-hydrogen) atoms. The Balaban J connectivity index is 2.18. The highest BCUT2D eigenvalue weighted by atomic mass is 35.5. The standard InChI is InChI=1S/C14H12Cl2N2O2/c1-9-2-5-12(18(19)20)7-14(9)17-8-10-3-4-11(15)6-13(10)16/h2-7,17H,8H2,1H3. The third-order valence-electron chi connectivity index (χ3n) is 2.92. The Morgan fingerprint density at radius 3 is 2.60 bits per heavy atom. The van der Waals surface area contributed by atoms with Crippen LogP contribution in [-0.2, 0) is 6.54 Å². The first-order valence-electron chi connectivity index (χ1n) is 5.90. The molecule has 0 atom stereocenters. The van der Waals surface area contributed by atoms with Crippen molar-refractivity contribution in [3.8, 4) is 0 Å². The number of nitrogens with zero attached hydrogens (tertiary/aromatic N) is 1. The molecule has 0 heterocycles. The van der Waals surface area contributed by atoms with Crippen LogP contribution in [0.25, 0.3) is 0 Å². The summed E-state index contributed by atoms with van der Waals surface area (Å²) < 4.78 is 0. The number of halogens is 2. The molecule has 2 rings (SSSR count). The molecule has 0 aromatic heterocycles. The first-order chi connectivity index (χ1) is 9.47. The third kappa shape index (κ3) is 3.40. The fourth-order valence-corrected chi connectivity index (χ4v) is 2.24. The largest absolute Gasteiger partial charge is 0.380 e. The van der Waals surface area contributed by atoms with Gasteiger partial charge in [-0.05, 0) is 30.2 Å². The third-order valence-corrected chi connectivity index (χ3v) is 3.50. The monoisotopic (exact) mass is 310 g/mol. The summed E-state index contributed by atoms with van der Waals surface area (Å²) in [5, 5.41) is 15.1. The molecule has 0 bridgehead atoms. The number of non-ortho nitro benzene ring substituents is 1. The summed E-state index contributed by atoms with van der Waals surface area (Å²) in [6, 6.07) is 9.95. The average Bonchev–Trinajstić information content (AvgIpc) is 2.39. The number of nitrogens with one attached hydrogen (secondary N) is 1. The number of nitro benzene ring substituents is 1. The molecule has 0 fully saturated rings. The van der Waals surface area contributed by atoms with E-state index < -0.39 is 4.92 Å². The second-order valence-electron chi connectivity index (χ2n) is 4.35. The summed E-state index contributed by atoms with van der Waals surface area (Å²) in [5.74, 6) is 0. The number of anilines is 1. The van der Waals surface area contributed by atoms with E-state index in [0.717, 1.165) is 11.1 Å². The summed E-state index contributed by atoms with van der Waals surface area (Å²) in [6.45, 7) is 2.35. The molecular formula is C14H12Cl2N2O2. The fourth-order valence-electron chi connectivity index (χ4n) is 1.77. The maximum atomic E-state index is 10.8. The number of hydrogen-bond donors (Lipinski definition) is 1. The van der Waals surface area contributed by atoms with Gasteiger partial charge in [0.2, 0.25) is 0 Å². The van der Waals surface area contributed by atoms with E-state index in [0.29, 0.717) is 22.3 Å². The summed E-state index contributed by atoms with van der Waals surface area (Å²) >= 11 is 11.9. The Labute approximate surface area is 126 Å². The summed E-state index contributed by atoms with van der Waals surface area (Å²) in [4.78, 5) is 10.4. The topological polar surface area (TPSA) is 55.2 Å². The molecule has 1 N–H and O–H groups in total.